The van der Waals surface area contributed by atoms with E-state index in [0.717, 1.165) is 11.1 Å². The summed E-state index contributed by atoms with van der Waals surface area (Å²) in [7, 11) is 0. The highest BCUT2D eigenvalue weighted by Crippen LogP contribution is 2.35. The maximum atomic E-state index is 14.0. The number of aromatic hydroxyl groups is 2. The van der Waals surface area contributed by atoms with Crippen LogP contribution in [0.2, 0.25) is 0 Å². The Kier molecular flexibility index (Phi) is 6.28. The predicted octanol–water partition coefficient (Wildman–Crippen LogP) is 6.45. The second-order valence-corrected chi connectivity index (χ2v) is 7.30. The Balaban J connectivity index is 1.93. The van der Waals surface area contributed by atoms with Crippen molar-refractivity contribution in [3.05, 3.63) is 131 Å². The van der Waals surface area contributed by atoms with Crippen molar-refractivity contribution >= 4 is 29.1 Å². The van der Waals surface area contributed by atoms with Crippen LogP contribution in [0, 0.1) is 0 Å². The second-order valence-electron chi connectivity index (χ2n) is 7.30. The largest absolute Gasteiger partial charge is 0.507 e. The number of ketones is 1. The Bertz CT molecular complexity index is 1190. The minimum Gasteiger partial charge on any atom is -0.507 e. The van der Waals surface area contributed by atoms with Gasteiger partial charge in [0.15, 0.2) is 5.78 Å². The van der Waals surface area contributed by atoms with Crippen molar-refractivity contribution in [2.45, 2.75) is 0 Å². The Morgan fingerprint density at radius 2 is 0.844 bits per heavy atom. The summed E-state index contributed by atoms with van der Waals surface area (Å²) in [5.41, 5.74) is 3.18. The van der Waals surface area contributed by atoms with Gasteiger partial charge in [0.25, 0.3) is 0 Å². The van der Waals surface area contributed by atoms with Gasteiger partial charge in [0.05, 0.1) is 0 Å². The second kappa shape index (κ2) is 9.63. The lowest BCUT2D eigenvalue weighted by atomic mass is 9.89. The van der Waals surface area contributed by atoms with E-state index < -0.39 is 0 Å². The van der Waals surface area contributed by atoms with Gasteiger partial charge in [0.2, 0.25) is 0 Å². The zero-order valence-electron chi connectivity index (χ0n) is 17.3. The smallest absolute Gasteiger partial charge is 0.194 e. The third-order valence-electron chi connectivity index (χ3n) is 5.10. The topological polar surface area (TPSA) is 57.5 Å². The summed E-state index contributed by atoms with van der Waals surface area (Å²) in [4.78, 5) is 14.0. The average Bonchev–Trinajstić information content (AvgIpc) is 2.83. The van der Waals surface area contributed by atoms with Gasteiger partial charge >= 0.3 is 0 Å². The summed E-state index contributed by atoms with van der Waals surface area (Å²) in [6, 6.07) is 32.5. The van der Waals surface area contributed by atoms with Gasteiger partial charge in [0, 0.05) is 22.3 Å². The van der Waals surface area contributed by atoms with E-state index in [-0.39, 0.29) is 17.3 Å². The molecule has 3 heteroatoms. The molecule has 4 aromatic rings. The molecule has 0 radical (unpaired) electrons. The standard InChI is InChI=1S/C29H22O3/c30-27-17-9-7-15-23(27)25(19-21-11-3-1-4-12-21)29(32)26(20-22-13-5-2-6-14-22)24-16-8-10-18-28(24)31/h1-20,30-31H. The number of phenolic OH excluding ortho intramolecular Hbond substituents is 2. The van der Waals surface area contributed by atoms with Crippen LogP contribution in [0.25, 0.3) is 23.3 Å². The van der Waals surface area contributed by atoms with Crippen molar-refractivity contribution in [3.63, 3.8) is 0 Å². The lowest BCUT2D eigenvalue weighted by molar-refractivity contribution is -0.108. The Morgan fingerprint density at radius 1 is 0.500 bits per heavy atom. The molecule has 0 bridgehead atoms. The van der Waals surface area contributed by atoms with Crippen molar-refractivity contribution in [1.29, 1.82) is 0 Å². The monoisotopic (exact) mass is 418 g/mol. The van der Waals surface area contributed by atoms with E-state index in [1.165, 1.54) is 0 Å². The molecule has 0 unspecified atom stereocenters. The highest BCUT2D eigenvalue weighted by atomic mass is 16.3. The predicted molar refractivity (Wildman–Crippen MR) is 130 cm³/mol. The van der Waals surface area contributed by atoms with Crippen LogP contribution in [0.5, 0.6) is 11.5 Å². The van der Waals surface area contributed by atoms with Gasteiger partial charge in [-0.2, -0.15) is 0 Å². The van der Waals surface area contributed by atoms with Gasteiger partial charge in [-0.1, -0.05) is 97.1 Å². The van der Waals surface area contributed by atoms with Crippen LogP contribution in [0.3, 0.4) is 0 Å². The molecule has 0 atom stereocenters. The minimum atomic E-state index is -0.305. The van der Waals surface area contributed by atoms with E-state index in [4.69, 9.17) is 0 Å². The first-order valence-corrected chi connectivity index (χ1v) is 10.3. The minimum absolute atomic E-state index is 0.0133. The Labute approximate surface area is 187 Å². The molecule has 0 aliphatic rings. The maximum Gasteiger partial charge on any atom is 0.194 e. The summed E-state index contributed by atoms with van der Waals surface area (Å²) in [6.07, 6.45) is 3.52. The normalized spacial score (nSPS) is 11.9. The van der Waals surface area contributed by atoms with Crippen molar-refractivity contribution in [2.24, 2.45) is 0 Å². The molecule has 4 rings (SSSR count). The summed E-state index contributed by atoms with van der Waals surface area (Å²) in [5, 5.41) is 21.1. The Morgan fingerprint density at radius 3 is 1.22 bits per heavy atom. The van der Waals surface area contributed by atoms with Crippen molar-refractivity contribution in [3.8, 4) is 11.5 Å². The number of carbonyl (C=O) groups is 1. The lowest BCUT2D eigenvalue weighted by Gasteiger charge is -2.14. The molecular weight excluding hydrogens is 396 g/mol. The molecular formula is C29H22O3. The Hall–Kier alpha value is -4.37. The van der Waals surface area contributed by atoms with Gasteiger partial charge in [-0.15, -0.1) is 0 Å². The number of para-hydroxylation sites is 2. The number of benzene rings is 4. The molecule has 0 heterocycles. The molecule has 0 aliphatic carbocycles. The van der Waals surface area contributed by atoms with E-state index in [2.05, 4.69) is 0 Å². The number of carbonyl (C=O) groups excluding carboxylic acids is 1. The molecule has 0 saturated carbocycles. The van der Waals surface area contributed by atoms with Crippen LogP contribution >= 0.6 is 0 Å². The van der Waals surface area contributed by atoms with Gasteiger partial charge in [-0.25, -0.2) is 0 Å². The van der Waals surface area contributed by atoms with E-state index >= 15 is 0 Å². The van der Waals surface area contributed by atoms with Gasteiger partial charge in [0.1, 0.15) is 11.5 Å². The van der Waals surface area contributed by atoms with Crippen LogP contribution in [0.15, 0.2) is 109 Å². The third kappa shape index (κ3) is 4.68. The number of allylic oxidation sites excluding steroid dienone is 2. The first-order valence-electron chi connectivity index (χ1n) is 10.3. The van der Waals surface area contributed by atoms with E-state index in [1.54, 1.807) is 60.7 Å². The summed E-state index contributed by atoms with van der Waals surface area (Å²) in [5.74, 6) is -0.278. The fourth-order valence-electron chi connectivity index (χ4n) is 3.51. The van der Waals surface area contributed by atoms with Crippen LogP contribution < -0.4 is 0 Å². The van der Waals surface area contributed by atoms with E-state index in [0.29, 0.717) is 22.3 Å². The van der Waals surface area contributed by atoms with Gasteiger partial charge < -0.3 is 10.2 Å². The highest BCUT2D eigenvalue weighted by molar-refractivity contribution is 6.47. The fourth-order valence-corrected chi connectivity index (χ4v) is 3.51. The van der Waals surface area contributed by atoms with Crippen molar-refractivity contribution in [1.82, 2.24) is 0 Å². The molecule has 2 N–H and O–H groups in total. The third-order valence-corrected chi connectivity index (χ3v) is 5.10. The molecule has 0 saturated heterocycles. The van der Waals surface area contributed by atoms with E-state index in [1.807, 2.05) is 60.7 Å². The molecule has 3 nitrogen and oxygen atoms in total. The highest BCUT2D eigenvalue weighted by Gasteiger charge is 2.22. The van der Waals surface area contributed by atoms with Crippen molar-refractivity contribution in [2.75, 3.05) is 0 Å². The molecule has 4 aromatic carbocycles. The molecule has 156 valence electrons. The number of Topliss-reactive ketones (excluding diaryl/α,β-unsaturated/α-hetero) is 1. The average molecular weight is 418 g/mol. The SMILES string of the molecule is O=C(C(=Cc1ccccc1)c1ccccc1O)C(=Cc1ccccc1)c1ccccc1O. The fraction of sp³-hybridized carbons (Fsp3) is 0. The summed E-state index contributed by atoms with van der Waals surface area (Å²) in [6.45, 7) is 0. The molecule has 0 spiro atoms. The molecule has 0 aliphatic heterocycles. The molecule has 0 amide bonds. The number of rotatable bonds is 6. The molecule has 32 heavy (non-hydrogen) atoms. The number of phenols is 2. The lowest BCUT2D eigenvalue weighted by Crippen LogP contribution is -2.06. The number of hydrogen-bond acceptors (Lipinski definition) is 3. The number of hydrogen-bond donors (Lipinski definition) is 2. The van der Waals surface area contributed by atoms with Crippen LogP contribution in [-0.4, -0.2) is 16.0 Å². The first kappa shape index (κ1) is 20.9. The van der Waals surface area contributed by atoms with Gasteiger partial charge in [-0.3, -0.25) is 4.79 Å². The van der Waals surface area contributed by atoms with Crippen molar-refractivity contribution < 1.29 is 15.0 Å². The quantitative estimate of drug-likeness (QED) is 0.279. The zero-order valence-corrected chi connectivity index (χ0v) is 17.3. The van der Waals surface area contributed by atoms with Crippen LogP contribution in [0.4, 0.5) is 0 Å². The molecule has 0 fully saturated rings. The first-order chi connectivity index (χ1) is 15.6. The molecule has 0 aromatic heterocycles. The maximum absolute atomic E-state index is 14.0. The summed E-state index contributed by atoms with van der Waals surface area (Å²) >= 11 is 0. The zero-order chi connectivity index (χ0) is 22.3. The van der Waals surface area contributed by atoms with Crippen LogP contribution in [0.1, 0.15) is 22.3 Å². The van der Waals surface area contributed by atoms with Gasteiger partial charge in [-0.05, 0) is 35.4 Å². The summed E-state index contributed by atoms with van der Waals surface area (Å²) < 4.78 is 0. The van der Waals surface area contributed by atoms with Crippen LogP contribution in [-0.2, 0) is 4.79 Å². The van der Waals surface area contributed by atoms with E-state index in [9.17, 15) is 15.0 Å².